The van der Waals surface area contributed by atoms with E-state index in [1.54, 1.807) is 6.20 Å². The van der Waals surface area contributed by atoms with E-state index >= 15 is 0 Å². The lowest BCUT2D eigenvalue weighted by Gasteiger charge is -2.58. The van der Waals surface area contributed by atoms with E-state index in [9.17, 15) is 4.79 Å². The summed E-state index contributed by atoms with van der Waals surface area (Å²) < 4.78 is 5.94. The molecule has 0 N–H and O–H groups in total. The molecule has 2 saturated heterocycles. The molecule has 1 aromatic rings. The van der Waals surface area contributed by atoms with Gasteiger partial charge in [-0.2, -0.15) is 0 Å². The highest BCUT2D eigenvalue weighted by molar-refractivity contribution is 5.79. The van der Waals surface area contributed by atoms with Gasteiger partial charge < -0.3 is 9.64 Å². The Morgan fingerprint density at radius 2 is 2.04 bits per heavy atom. The Labute approximate surface area is 150 Å². The zero-order chi connectivity index (χ0) is 17.3. The topological polar surface area (TPSA) is 45.7 Å². The van der Waals surface area contributed by atoms with E-state index in [0.29, 0.717) is 12.3 Å². The largest absolute Gasteiger partial charge is 0.381 e. The molecule has 5 nitrogen and oxygen atoms in total. The van der Waals surface area contributed by atoms with Gasteiger partial charge in [0, 0.05) is 38.2 Å². The van der Waals surface area contributed by atoms with E-state index in [1.165, 1.54) is 19.3 Å². The maximum atomic E-state index is 12.5. The number of carbonyl (C=O) groups excluding carboxylic acids is 1. The second-order valence-corrected chi connectivity index (χ2v) is 8.23. The molecule has 1 spiro atoms. The van der Waals surface area contributed by atoms with Crippen LogP contribution in [0.5, 0.6) is 0 Å². The third-order valence-corrected chi connectivity index (χ3v) is 6.14. The van der Waals surface area contributed by atoms with Crippen molar-refractivity contribution in [2.45, 2.75) is 37.6 Å². The third-order valence-electron chi connectivity index (χ3n) is 6.14. The molecule has 3 aliphatic rings. The number of aromatic nitrogens is 1. The van der Waals surface area contributed by atoms with Gasteiger partial charge in [-0.25, -0.2) is 0 Å². The number of hydrogen-bond donors (Lipinski definition) is 0. The van der Waals surface area contributed by atoms with Crippen molar-refractivity contribution in [3.8, 4) is 0 Å². The molecule has 1 aliphatic carbocycles. The summed E-state index contributed by atoms with van der Waals surface area (Å²) in [5.41, 5.74) is 1.03. The Morgan fingerprint density at radius 3 is 2.76 bits per heavy atom. The highest BCUT2D eigenvalue weighted by Crippen LogP contribution is 2.39. The fourth-order valence-corrected chi connectivity index (χ4v) is 4.22. The number of likely N-dealkylation sites (tertiary alicyclic amines) is 2. The molecular formula is C20H29N3O2. The summed E-state index contributed by atoms with van der Waals surface area (Å²) in [7, 11) is 2.21. The summed E-state index contributed by atoms with van der Waals surface area (Å²) in [5.74, 6) is 1.68. The smallest absolute Gasteiger partial charge is 0.228 e. The molecule has 1 aromatic heterocycles. The molecule has 4 rings (SSSR count). The van der Waals surface area contributed by atoms with Gasteiger partial charge in [0.05, 0.1) is 12.0 Å². The zero-order valence-electron chi connectivity index (χ0n) is 15.2. The van der Waals surface area contributed by atoms with Crippen LogP contribution >= 0.6 is 0 Å². The van der Waals surface area contributed by atoms with E-state index in [4.69, 9.17) is 4.74 Å². The number of carbonyl (C=O) groups is 1. The quantitative estimate of drug-likeness (QED) is 0.792. The van der Waals surface area contributed by atoms with Crippen molar-refractivity contribution in [3.63, 3.8) is 0 Å². The van der Waals surface area contributed by atoms with Gasteiger partial charge in [-0.1, -0.05) is 6.07 Å². The van der Waals surface area contributed by atoms with Crippen LogP contribution in [0.2, 0.25) is 0 Å². The molecule has 1 amide bonds. The predicted octanol–water partition coefficient (Wildman–Crippen LogP) is 1.97. The van der Waals surface area contributed by atoms with Crippen molar-refractivity contribution in [1.82, 2.24) is 14.8 Å². The molecule has 1 atom stereocenters. The molecule has 136 valence electrons. The standard InChI is InChI=1S/C20H29N3O2/c1-22-9-7-17(13-25-12-16-5-6-16)11-20(22)14-23(15-20)19(24)10-18-4-2-3-8-21-18/h2-4,8,16-17H,5-7,9-15H2,1H3/t17-/m1/s1. The van der Waals surface area contributed by atoms with Crippen molar-refractivity contribution in [3.05, 3.63) is 30.1 Å². The lowest BCUT2D eigenvalue weighted by Crippen LogP contribution is -2.72. The molecule has 0 radical (unpaired) electrons. The molecule has 3 fully saturated rings. The molecular weight excluding hydrogens is 314 g/mol. The number of pyridine rings is 1. The zero-order valence-corrected chi connectivity index (χ0v) is 15.2. The lowest BCUT2D eigenvalue weighted by molar-refractivity contribution is -0.150. The number of rotatable bonds is 6. The van der Waals surface area contributed by atoms with Gasteiger partial charge in [0.25, 0.3) is 0 Å². The molecule has 0 unspecified atom stereocenters. The second kappa shape index (κ2) is 7.04. The van der Waals surface area contributed by atoms with Crippen LogP contribution in [0, 0.1) is 11.8 Å². The van der Waals surface area contributed by atoms with Crippen LogP contribution < -0.4 is 0 Å². The van der Waals surface area contributed by atoms with Crippen LogP contribution in [-0.2, 0) is 16.0 Å². The summed E-state index contributed by atoms with van der Waals surface area (Å²) >= 11 is 0. The Balaban J connectivity index is 1.27. The highest BCUT2D eigenvalue weighted by atomic mass is 16.5. The van der Waals surface area contributed by atoms with Gasteiger partial charge in [-0.05, 0) is 63.2 Å². The molecule has 25 heavy (non-hydrogen) atoms. The minimum Gasteiger partial charge on any atom is -0.381 e. The van der Waals surface area contributed by atoms with Crippen LogP contribution in [0.25, 0.3) is 0 Å². The normalized spacial score (nSPS) is 25.8. The van der Waals surface area contributed by atoms with E-state index in [1.807, 2.05) is 23.1 Å². The lowest BCUT2D eigenvalue weighted by atomic mass is 9.75. The average molecular weight is 343 g/mol. The predicted molar refractivity (Wildman–Crippen MR) is 96.1 cm³/mol. The first-order chi connectivity index (χ1) is 12.1. The maximum absolute atomic E-state index is 12.5. The van der Waals surface area contributed by atoms with Crippen LogP contribution in [0.3, 0.4) is 0 Å². The second-order valence-electron chi connectivity index (χ2n) is 8.23. The van der Waals surface area contributed by atoms with E-state index in [-0.39, 0.29) is 11.4 Å². The number of amides is 1. The van der Waals surface area contributed by atoms with Crippen LogP contribution in [0.4, 0.5) is 0 Å². The first-order valence-corrected chi connectivity index (χ1v) is 9.61. The fraction of sp³-hybridized carbons (Fsp3) is 0.700. The fourth-order valence-electron chi connectivity index (χ4n) is 4.22. The van der Waals surface area contributed by atoms with E-state index in [2.05, 4.69) is 16.9 Å². The van der Waals surface area contributed by atoms with Gasteiger partial charge in [0.2, 0.25) is 5.91 Å². The van der Waals surface area contributed by atoms with Crippen molar-refractivity contribution in [2.75, 3.05) is 39.9 Å². The highest BCUT2D eigenvalue weighted by Gasteiger charge is 2.50. The first-order valence-electron chi connectivity index (χ1n) is 9.61. The number of piperidine rings is 1. The Hall–Kier alpha value is -1.46. The van der Waals surface area contributed by atoms with Crippen LogP contribution in [0.1, 0.15) is 31.4 Å². The minimum atomic E-state index is 0.172. The number of likely N-dealkylation sites (N-methyl/N-ethyl adjacent to an activating group) is 1. The minimum absolute atomic E-state index is 0.172. The average Bonchev–Trinajstić information content (AvgIpc) is 3.39. The Kier molecular flexibility index (Phi) is 4.78. The van der Waals surface area contributed by atoms with Crippen molar-refractivity contribution >= 4 is 5.91 Å². The summed E-state index contributed by atoms with van der Waals surface area (Å²) in [5, 5.41) is 0. The van der Waals surface area contributed by atoms with Crippen molar-refractivity contribution in [2.24, 2.45) is 11.8 Å². The summed E-state index contributed by atoms with van der Waals surface area (Å²) in [6, 6.07) is 5.75. The van der Waals surface area contributed by atoms with Crippen molar-refractivity contribution in [1.29, 1.82) is 0 Å². The van der Waals surface area contributed by atoms with Crippen LogP contribution in [-0.4, -0.2) is 66.1 Å². The molecule has 0 aromatic carbocycles. The summed E-state index contributed by atoms with van der Waals surface area (Å²) in [6.07, 6.45) is 7.23. The number of hydrogen-bond acceptors (Lipinski definition) is 4. The molecule has 2 aliphatic heterocycles. The van der Waals surface area contributed by atoms with Crippen LogP contribution in [0.15, 0.2) is 24.4 Å². The number of nitrogens with zero attached hydrogens (tertiary/aromatic N) is 3. The number of ether oxygens (including phenoxy) is 1. The van der Waals surface area contributed by atoms with Gasteiger partial charge in [-0.15, -0.1) is 0 Å². The molecule has 5 heteroatoms. The Bertz CT molecular complexity index is 596. The van der Waals surface area contributed by atoms with Gasteiger partial charge in [-0.3, -0.25) is 14.7 Å². The van der Waals surface area contributed by atoms with Gasteiger partial charge >= 0.3 is 0 Å². The maximum Gasteiger partial charge on any atom is 0.228 e. The molecule has 3 heterocycles. The Morgan fingerprint density at radius 1 is 1.24 bits per heavy atom. The van der Waals surface area contributed by atoms with Gasteiger partial charge in [0.1, 0.15) is 0 Å². The third kappa shape index (κ3) is 3.87. The monoisotopic (exact) mass is 343 g/mol. The van der Waals surface area contributed by atoms with E-state index < -0.39 is 0 Å². The summed E-state index contributed by atoms with van der Waals surface area (Å²) in [4.78, 5) is 21.2. The summed E-state index contributed by atoms with van der Waals surface area (Å²) in [6.45, 7) is 4.67. The molecule has 0 bridgehead atoms. The van der Waals surface area contributed by atoms with Gasteiger partial charge in [0.15, 0.2) is 0 Å². The van der Waals surface area contributed by atoms with E-state index in [0.717, 1.165) is 50.9 Å². The first kappa shape index (κ1) is 17.0. The van der Waals surface area contributed by atoms with Crippen molar-refractivity contribution < 1.29 is 9.53 Å². The molecule has 1 saturated carbocycles. The SMILES string of the molecule is CN1CC[C@@H](COCC2CC2)CC12CN(C(=O)Cc1ccccn1)C2.